The van der Waals surface area contributed by atoms with E-state index in [1.807, 2.05) is 0 Å². The van der Waals surface area contributed by atoms with E-state index in [2.05, 4.69) is 103 Å². The van der Waals surface area contributed by atoms with Crippen molar-refractivity contribution in [3.63, 3.8) is 0 Å². The van der Waals surface area contributed by atoms with Crippen molar-refractivity contribution in [1.29, 1.82) is 0 Å². The van der Waals surface area contributed by atoms with E-state index in [0.29, 0.717) is 0 Å². The van der Waals surface area contributed by atoms with Crippen LogP contribution in [0.1, 0.15) is 30.2 Å². The molecule has 3 aromatic rings. The first-order valence-electron chi connectivity index (χ1n) is 9.86. The highest BCUT2D eigenvalue weighted by Gasteiger charge is 2.47. The average Bonchev–Trinajstić information content (AvgIpc) is 3.44. The normalized spacial score (nSPS) is 21.1. The fraction of sp³-hybridized carbons (Fsp3) is 0.192. The summed E-state index contributed by atoms with van der Waals surface area (Å²) in [5.41, 5.74) is 5.64. The van der Waals surface area contributed by atoms with Crippen LogP contribution in [-0.2, 0) is 5.41 Å². The predicted octanol–water partition coefficient (Wildman–Crippen LogP) is 6.88. The molecule has 1 aliphatic carbocycles. The Hall–Kier alpha value is -2.71. The van der Waals surface area contributed by atoms with Gasteiger partial charge in [0, 0.05) is 22.6 Å². The molecular formula is C26H24NS+. The molecule has 138 valence electrons. The van der Waals surface area contributed by atoms with Gasteiger partial charge in [0.15, 0.2) is 5.71 Å². The second kappa shape index (κ2) is 6.72. The van der Waals surface area contributed by atoms with Crippen LogP contribution < -0.4 is 0 Å². The van der Waals surface area contributed by atoms with Crippen LogP contribution in [0.2, 0.25) is 0 Å². The Balaban J connectivity index is 1.70. The van der Waals surface area contributed by atoms with Crippen molar-refractivity contribution in [3.8, 4) is 0 Å². The summed E-state index contributed by atoms with van der Waals surface area (Å²) in [6.07, 6.45) is 13.5. The van der Waals surface area contributed by atoms with Gasteiger partial charge < -0.3 is 0 Å². The van der Waals surface area contributed by atoms with E-state index in [0.717, 1.165) is 12.8 Å². The first-order valence-corrected chi connectivity index (χ1v) is 10.7. The largest absolute Gasteiger partial charge is 0.210 e. The Morgan fingerprint density at radius 2 is 1.96 bits per heavy atom. The van der Waals surface area contributed by atoms with Gasteiger partial charge in [-0.05, 0) is 54.1 Å². The second-order valence-electron chi connectivity index (χ2n) is 7.94. The molecule has 1 unspecified atom stereocenters. The molecule has 0 saturated heterocycles. The molecule has 1 aliphatic heterocycles. The third kappa shape index (κ3) is 2.71. The summed E-state index contributed by atoms with van der Waals surface area (Å²) in [4.78, 5) is 1.30. The van der Waals surface area contributed by atoms with Gasteiger partial charge in [0.25, 0.3) is 0 Å². The Labute approximate surface area is 170 Å². The zero-order valence-corrected chi connectivity index (χ0v) is 17.2. The van der Waals surface area contributed by atoms with E-state index in [9.17, 15) is 0 Å². The number of benzene rings is 2. The smallest absolute Gasteiger partial charge is 0.198 e. The van der Waals surface area contributed by atoms with Crippen LogP contribution in [0.5, 0.6) is 0 Å². The molecule has 5 rings (SSSR count). The average molecular weight is 383 g/mol. The van der Waals surface area contributed by atoms with Crippen LogP contribution in [0.3, 0.4) is 0 Å². The van der Waals surface area contributed by atoms with Gasteiger partial charge in [0.2, 0.25) is 5.69 Å². The zero-order valence-electron chi connectivity index (χ0n) is 16.4. The van der Waals surface area contributed by atoms with Gasteiger partial charge in [-0.3, -0.25) is 0 Å². The van der Waals surface area contributed by atoms with Crippen molar-refractivity contribution in [2.45, 2.75) is 25.2 Å². The number of nitrogens with zero attached hydrogens (tertiary/aromatic N) is 1. The van der Waals surface area contributed by atoms with E-state index in [4.69, 9.17) is 0 Å². The van der Waals surface area contributed by atoms with Gasteiger partial charge in [-0.2, -0.15) is 4.58 Å². The quantitative estimate of drug-likeness (QED) is 0.433. The molecule has 0 amide bonds. The van der Waals surface area contributed by atoms with Gasteiger partial charge in [-0.25, -0.2) is 0 Å². The zero-order chi connectivity index (χ0) is 19.1. The number of hydrogen-bond donors (Lipinski definition) is 0. The molecule has 2 aromatic carbocycles. The molecule has 1 atom stereocenters. The lowest BCUT2D eigenvalue weighted by molar-refractivity contribution is -0.401. The molecule has 1 aromatic heterocycles. The summed E-state index contributed by atoms with van der Waals surface area (Å²) in [6.45, 7) is 2.43. The van der Waals surface area contributed by atoms with Gasteiger partial charge in [0.1, 0.15) is 7.05 Å². The van der Waals surface area contributed by atoms with Crippen molar-refractivity contribution < 1.29 is 4.58 Å². The van der Waals surface area contributed by atoms with Crippen LogP contribution in [0, 0.1) is 0 Å². The molecule has 2 heterocycles. The summed E-state index contributed by atoms with van der Waals surface area (Å²) in [6, 6.07) is 17.7. The maximum Gasteiger partial charge on any atom is 0.210 e. The Bertz CT molecular complexity index is 1170. The summed E-state index contributed by atoms with van der Waals surface area (Å²) < 4.78 is 2.40. The van der Waals surface area contributed by atoms with Crippen LogP contribution in [-0.4, -0.2) is 17.3 Å². The van der Waals surface area contributed by atoms with Gasteiger partial charge >= 0.3 is 0 Å². The molecule has 0 saturated carbocycles. The minimum atomic E-state index is -0.0451. The fourth-order valence-electron chi connectivity index (χ4n) is 4.85. The Morgan fingerprint density at radius 3 is 2.75 bits per heavy atom. The molecule has 0 fully saturated rings. The van der Waals surface area contributed by atoms with Crippen molar-refractivity contribution in [2.24, 2.45) is 0 Å². The van der Waals surface area contributed by atoms with Gasteiger partial charge in [-0.1, -0.05) is 54.1 Å². The Morgan fingerprint density at radius 1 is 1.07 bits per heavy atom. The number of thiophene rings is 1. The van der Waals surface area contributed by atoms with Crippen molar-refractivity contribution in [3.05, 3.63) is 94.2 Å². The van der Waals surface area contributed by atoms with Crippen LogP contribution in [0.4, 0.5) is 5.69 Å². The van der Waals surface area contributed by atoms with Crippen molar-refractivity contribution in [2.75, 3.05) is 7.05 Å². The fourth-order valence-corrected chi connectivity index (χ4v) is 5.46. The molecule has 0 bridgehead atoms. The number of allylic oxidation sites excluding steroid dienone is 5. The molecule has 28 heavy (non-hydrogen) atoms. The minimum absolute atomic E-state index is 0.0451. The lowest BCUT2D eigenvalue weighted by Gasteiger charge is -2.24. The topological polar surface area (TPSA) is 3.01 Å². The van der Waals surface area contributed by atoms with E-state index in [1.165, 1.54) is 38.2 Å². The highest BCUT2D eigenvalue weighted by atomic mass is 32.1. The third-order valence-electron chi connectivity index (χ3n) is 6.12. The van der Waals surface area contributed by atoms with E-state index in [1.54, 1.807) is 11.3 Å². The van der Waals surface area contributed by atoms with Gasteiger partial charge in [-0.15, -0.1) is 11.3 Å². The maximum absolute atomic E-state index is 2.43. The lowest BCUT2D eigenvalue weighted by Crippen LogP contribution is -2.31. The molecular weight excluding hydrogens is 358 g/mol. The SMILES string of the molecule is C[N+]1=C(/C=C/c2cccs2)C(C)(CC2=CC=CC2)c2c1ccc1ccccc21. The molecule has 1 nitrogen and oxygen atoms in total. The lowest BCUT2D eigenvalue weighted by atomic mass is 9.72. The summed E-state index contributed by atoms with van der Waals surface area (Å²) in [5, 5.41) is 4.84. The summed E-state index contributed by atoms with van der Waals surface area (Å²) >= 11 is 1.79. The van der Waals surface area contributed by atoms with E-state index < -0.39 is 0 Å². The van der Waals surface area contributed by atoms with Gasteiger partial charge in [0.05, 0.1) is 5.41 Å². The monoisotopic (exact) mass is 382 g/mol. The van der Waals surface area contributed by atoms with Crippen molar-refractivity contribution in [1.82, 2.24) is 0 Å². The first kappa shape index (κ1) is 17.4. The molecule has 2 heteroatoms. The number of fused-ring (bicyclic) bond motifs is 3. The highest BCUT2D eigenvalue weighted by Crippen LogP contribution is 2.47. The third-order valence-corrected chi connectivity index (χ3v) is 6.96. The molecule has 0 spiro atoms. The van der Waals surface area contributed by atoms with Crippen molar-refractivity contribution >= 4 is 39.6 Å². The van der Waals surface area contributed by atoms with E-state index >= 15 is 0 Å². The summed E-state index contributed by atoms with van der Waals surface area (Å²) in [7, 11) is 2.22. The molecule has 0 N–H and O–H groups in total. The highest BCUT2D eigenvalue weighted by molar-refractivity contribution is 7.10. The van der Waals surface area contributed by atoms with E-state index in [-0.39, 0.29) is 5.41 Å². The second-order valence-corrected chi connectivity index (χ2v) is 8.92. The standard InChI is InChI=1S/C26H24NS/c1-26(18-19-8-3-4-9-19)24(16-14-21-11-7-17-28-21)27(2)23-15-13-20-10-5-6-12-22(20)25(23)26/h3-8,10-17H,9,18H2,1-2H3/q+1/b16-14+. The molecule has 0 radical (unpaired) electrons. The number of hydrogen-bond acceptors (Lipinski definition) is 1. The van der Waals surface area contributed by atoms with Crippen LogP contribution >= 0.6 is 11.3 Å². The summed E-state index contributed by atoms with van der Waals surface area (Å²) in [5.74, 6) is 0. The predicted molar refractivity (Wildman–Crippen MR) is 122 cm³/mol. The molecule has 2 aliphatic rings. The first-order chi connectivity index (χ1) is 13.7. The number of rotatable bonds is 4. The Kier molecular flexibility index (Phi) is 4.17. The minimum Gasteiger partial charge on any atom is -0.198 e. The van der Waals surface area contributed by atoms with Crippen LogP contribution in [0.15, 0.2) is 83.8 Å². The maximum atomic E-state index is 2.43. The van der Waals surface area contributed by atoms with Crippen LogP contribution in [0.25, 0.3) is 16.8 Å².